The average molecular weight is 202 g/mol. The summed E-state index contributed by atoms with van der Waals surface area (Å²) in [6.45, 7) is 6.78. The van der Waals surface area contributed by atoms with E-state index in [4.69, 9.17) is 10.5 Å². The molecule has 0 aromatic heterocycles. The molecule has 0 aromatic rings. The lowest BCUT2D eigenvalue weighted by atomic mass is 9.90. The lowest BCUT2D eigenvalue weighted by Crippen LogP contribution is -2.51. The van der Waals surface area contributed by atoms with Crippen molar-refractivity contribution in [3.05, 3.63) is 0 Å². The summed E-state index contributed by atoms with van der Waals surface area (Å²) in [5.74, 6) is 0. The van der Waals surface area contributed by atoms with E-state index < -0.39 is 0 Å². The van der Waals surface area contributed by atoms with Gasteiger partial charge in [-0.2, -0.15) is 0 Å². The third-order valence-corrected chi connectivity index (χ3v) is 2.88. The Labute approximate surface area is 88.4 Å². The number of methoxy groups -OCH3 is 1. The van der Waals surface area contributed by atoms with Crippen molar-refractivity contribution in [2.24, 2.45) is 5.73 Å². The van der Waals surface area contributed by atoms with Crippen LogP contribution in [-0.2, 0) is 4.74 Å². The summed E-state index contributed by atoms with van der Waals surface area (Å²) < 4.78 is 5.03. The van der Waals surface area contributed by atoms with E-state index in [-0.39, 0.29) is 5.54 Å². The third kappa shape index (κ3) is 4.94. The molecule has 14 heavy (non-hydrogen) atoms. The van der Waals surface area contributed by atoms with Crippen molar-refractivity contribution in [2.45, 2.75) is 45.1 Å². The second-order valence-electron chi connectivity index (χ2n) is 3.86. The molecule has 0 aliphatic carbocycles. The predicted molar refractivity (Wildman–Crippen MR) is 61.5 cm³/mol. The maximum atomic E-state index is 5.84. The van der Waals surface area contributed by atoms with Gasteiger partial charge in [-0.15, -0.1) is 0 Å². The van der Waals surface area contributed by atoms with E-state index in [2.05, 4.69) is 19.2 Å². The number of unbranched alkanes of at least 4 members (excludes halogenated alkanes) is 1. The lowest BCUT2D eigenvalue weighted by molar-refractivity contribution is 0.179. The second kappa shape index (κ2) is 8.21. The molecule has 1 atom stereocenters. The Kier molecular flexibility index (Phi) is 8.14. The zero-order valence-electron chi connectivity index (χ0n) is 9.94. The van der Waals surface area contributed by atoms with Gasteiger partial charge in [-0.25, -0.2) is 0 Å². The summed E-state index contributed by atoms with van der Waals surface area (Å²) in [4.78, 5) is 0. The molecular formula is C11H26N2O. The van der Waals surface area contributed by atoms with Gasteiger partial charge >= 0.3 is 0 Å². The van der Waals surface area contributed by atoms with Crippen molar-refractivity contribution in [1.29, 1.82) is 0 Å². The van der Waals surface area contributed by atoms with E-state index in [1.54, 1.807) is 7.11 Å². The van der Waals surface area contributed by atoms with Crippen LogP contribution < -0.4 is 11.1 Å². The van der Waals surface area contributed by atoms with Crippen LogP contribution in [0.1, 0.15) is 39.5 Å². The number of hydrogen-bond donors (Lipinski definition) is 2. The van der Waals surface area contributed by atoms with E-state index in [1.165, 1.54) is 19.3 Å². The summed E-state index contributed by atoms with van der Waals surface area (Å²) in [5, 5.41) is 3.52. The average Bonchev–Trinajstić information content (AvgIpc) is 2.24. The fraction of sp³-hybridized carbons (Fsp3) is 1.00. The van der Waals surface area contributed by atoms with Crippen LogP contribution in [0.5, 0.6) is 0 Å². The molecule has 0 fully saturated rings. The van der Waals surface area contributed by atoms with Gasteiger partial charge in [-0.3, -0.25) is 0 Å². The van der Waals surface area contributed by atoms with E-state index in [0.29, 0.717) is 6.54 Å². The number of hydrogen-bond acceptors (Lipinski definition) is 3. The zero-order valence-corrected chi connectivity index (χ0v) is 9.94. The molecule has 0 amide bonds. The largest absolute Gasteiger partial charge is 0.383 e. The van der Waals surface area contributed by atoms with Crippen molar-refractivity contribution >= 4 is 0 Å². The van der Waals surface area contributed by atoms with Crippen LogP contribution in [0.2, 0.25) is 0 Å². The zero-order chi connectivity index (χ0) is 10.9. The van der Waals surface area contributed by atoms with Crippen LogP contribution >= 0.6 is 0 Å². The van der Waals surface area contributed by atoms with Gasteiger partial charge in [0.2, 0.25) is 0 Å². The highest BCUT2D eigenvalue weighted by Gasteiger charge is 2.24. The molecule has 0 saturated carbocycles. The maximum Gasteiger partial charge on any atom is 0.0587 e. The fourth-order valence-corrected chi connectivity index (χ4v) is 1.64. The smallest absolute Gasteiger partial charge is 0.0587 e. The maximum absolute atomic E-state index is 5.84. The first-order valence-electron chi connectivity index (χ1n) is 5.68. The number of nitrogens with two attached hydrogens (primary N) is 1. The van der Waals surface area contributed by atoms with Gasteiger partial charge in [-0.05, 0) is 12.8 Å². The Hall–Kier alpha value is -0.120. The van der Waals surface area contributed by atoms with Crippen molar-refractivity contribution in [1.82, 2.24) is 5.32 Å². The highest BCUT2D eigenvalue weighted by Crippen LogP contribution is 2.16. The SMILES string of the molecule is CCCCC(CC)(CN)NCCOC. The standard InChI is InChI=1S/C11H26N2O/c1-4-6-7-11(5-2,10-12)13-8-9-14-3/h13H,4-10,12H2,1-3H3. The first-order valence-corrected chi connectivity index (χ1v) is 5.68. The Morgan fingerprint density at radius 1 is 1.36 bits per heavy atom. The Morgan fingerprint density at radius 3 is 2.50 bits per heavy atom. The third-order valence-electron chi connectivity index (χ3n) is 2.88. The molecule has 0 aliphatic rings. The molecule has 0 aromatic carbocycles. The van der Waals surface area contributed by atoms with Crippen molar-refractivity contribution in [3.63, 3.8) is 0 Å². The van der Waals surface area contributed by atoms with E-state index in [9.17, 15) is 0 Å². The van der Waals surface area contributed by atoms with Crippen LogP contribution in [0.4, 0.5) is 0 Å². The van der Waals surface area contributed by atoms with Gasteiger partial charge in [0.15, 0.2) is 0 Å². The topological polar surface area (TPSA) is 47.3 Å². The number of ether oxygens (including phenoxy) is 1. The molecule has 3 nitrogen and oxygen atoms in total. The summed E-state index contributed by atoms with van der Waals surface area (Å²) in [6.07, 6.45) is 4.73. The summed E-state index contributed by atoms with van der Waals surface area (Å²) in [7, 11) is 1.73. The number of nitrogens with one attached hydrogen (secondary N) is 1. The highest BCUT2D eigenvalue weighted by molar-refractivity contribution is 4.87. The minimum atomic E-state index is 0.133. The van der Waals surface area contributed by atoms with Gasteiger partial charge < -0.3 is 15.8 Å². The molecule has 0 heterocycles. The summed E-state index contributed by atoms with van der Waals surface area (Å²) in [6, 6.07) is 0. The van der Waals surface area contributed by atoms with Crippen molar-refractivity contribution in [2.75, 3.05) is 26.8 Å². The Balaban J connectivity index is 3.94. The Morgan fingerprint density at radius 2 is 2.07 bits per heavy atom. The van der Waals surface area contributed by atoms with Crippen molar-refractivity contribution < 1.29 is 4.74 Å². The molecule has 86 valence electrons. The molecule has 3 N–H and O–H groups in total. The quantitative estimate of drug-likeness (QED) is 0.557. The van der Waals surface area contributed by atoms with E-state index >= 15 is 0 Å². The summed E-state index contributed by atoms with van der Waals surface area (Å²) >= 11 is 0. The molecule has 0 saturated heterocycles. The summed E-state index contributed by atoms with van der Waals surface area (Å²) in [5.41, 5.74) is 5.97. The molecule has 0 radical (unpaired) electrons. The normalized spacial score (nSPS) is 15.4. The molecule has 0 bridgehead atoms. The Bertz CT molecular complexity index is 124. The molecule has 3 heteroatoms. The predicted octanol–water partition coefficient (Wildman–Crippen LogP) is 1.52. The monoisotopic (exact) mass is 202 g/mol. The molecule has 0 rings (SSSR count). The molecule has 0 spiro atoms. The van der Waals surface area contributed by atoms with Gasteiger partial charge in [0, 0.05) is 25.7 Å². The molecule has 0 aliphatic heterocycles. The number of rotatable bonds is 9. The van der Waals surface area contributed by atoms with Gasteiger partial charge in [0.1, 0.15) is 0 Å². The van der Waals surface area contributed by atoms with E-state index in [0.717, 1.165) is 19.6 Å². The van der Waals surface area contributed by atoms with Gasteiger partial charge in [-0.1, -0.05) is 26.7 Å². The second-order valence-corrected chi connectivity index (χ2v) is 3.86. The minimum absolute atomic E-state index is 0.133. The minimum Gasteiger partial charge on any atom is -0.383 e. The lowest BCUT2D eigenvalue weighted by Gasteiger charge is -2.33. The van der Waals surface area contributed by atoms with Crippen LogP contribution in [0.15, 0.2) is 0 Å². The molecule has 1 unspecified atom stereocenters. The first-order chi connectivity index (χ1) is 6.74. The van der Waals surface area contributed by atoms with Gasteiger partial charge in [0.25, 0.3) is 0 Å². The van der Waals surface area contributed by atoms with Crippen LogP contribution in [0.3, 0.4) is 0 Å². The van der Waals surface area contributed by atoms with Crippen molar-refractivity contribution in [3.8, 4) is 0 Å². The van der Waals surface area contributed by atoms with Gasteiger partial charge in [0.05, 0.1) is 6.61 Å². The fourth-order valence-electron chi connectivity index (χ4n) is 1.64. The van der Waals surface area contributed by atoms with Crippen LogP contribution in [0.25, 0.3) is 0 Å². The van der Waals surface area contributed by atoms with Crippen LogP contribution in [0, 0.1) is 0 Å². The van der Waals surface area contributed by atoms with Crippen LogP contribution in [-0.4, -0.2) is 32.3 Å². The first kappa shape index (κ1) is 13.9. The highest BCUT2D eigenvalue weighted by atomic mass is 16.5. The molecular weight excluding hydrogens is 176 g/mol. The van der Waals surface area contributed by atoms with E-state index in [1.807, 2.05) is 0 Å².